The van der Waals surface area contributed by atoms with Crippen LogP contribution in [0.1, 0.15) is 28.5 Å². The molecule has 4 rings (SSSR count). The summed E-state index contributed by atoms with van der Waals surface area (Å²) in [7, 11) is 0. The van der Waals surface area contributed by atoms with E-state index in [4.69, 9.17) is 4.74 Å². The second kappa shape index (κ2) is 7.43. The number of nitrogens with zero attached hydrogens (tertiary/aromatic N) is 1. The quantitative estimate of drug-likeness (QED) is 0.665. The van der Waals surface area contributed by atoms with E-state index in [0.717, 1.165) is 5.56 Å². The standard InChI is InChI=1S/C22H19FN2O4/c1-2-29-22(28)16-12-25(21(27)13-6-8-14(23)9-7-13)11-10-15-19-17(24-20(15)16)4-3-5-18(19)26/h3-9,12,24,26H,2,10-11H2,1H3. The minimum absolute atomic E-state index is 0.0986. The molecule has 0 fully saturated rings. The van der Waals surface area contributed by atoms with Crippen molar-refractivity contribution in [2.75, 3.05) is 13.2 Å². The van der Waals surface area contributed by atoms with Gasteiger partial charge in [-0.2, -0.15) is 0 Å². The van der Waals surface area contributed by atoms with Gasteiger partial charge in [0.2, 0.25) is 0 Å². The maximum Gasteiger partial charge on any atom is 0.341 e. The molecule has 2 N–H and O–H groups in total. The molecular weight excluding hydrogens is 375 g/mol. The molecule has 0 radical (unpaired) electrons. The average molecular weight is 394 g/mol. The van der Waals surface area contributed by atoms with Crippen LogP contribution in [0.15, 0.2) is 48.7 Å². The number of ether oxygens (including phenoxy) is 1. The van der Waals surface area contributed by atoms with E-state index in [1.54, 1.807) is 19.1 Å². The number of hydrogen-bond acceptors (Lipinski definition) is 4. The van der Waals surface area contributed by atoms with E-state index in [9.17, 15) is 19.1 Å². The van der Waals surface area contributed by atoms with Crippen LogP contribution in [0.2, 0.25) is 0 Å². The Kier molecular flexibility index (Phi) is 4.80. The van der Waals surface area contributed by atoms with Crippen LogP contribution in [0.4, 0.5) is 4.39 Å². The molecule has 148 valence electrons. The van der Waals surface area contributed by atoms with Gasteiger partial charge in [0.25, 0.3) is 5.91 Å². The molecule has 0 atom stereocenters. The van der Waals surface area contributed by atoms with Crippen molar-refractivity contribution < 1.29 is 23.8 Å². The van der Waals surface area contributed by atoms with Crippen LogP contribution in [-0.4, -0.2) is 40.0 Å². The molecule has 6 nitrogen and oxygen atoms in total. The highest BCUT2D eigenvalue weighted by Gasteiger charge is 2.28. The number of phenols is 1. The van der Waals surface area contributed by atoms with E-state index in [0.29, 0.717) is 28.6 Å². The van der Waals surface area contributed by atoms with Gasteiger partial charge in [0.05, 0.1) is 17.9 Å². The van der Waals surface area contributed by atoms with Crippen LogP contribution in [-0.2, 0) is 16.0 Å². The highest BCUT2D eigenvalue weighted by Crippen LogP contribution is 2.36. The summed E-state index contributed by atoms with van der Waals surface area (Å²) in [6.45, 7) is 2.17. The number of fused-ring (bicyclic) bond motifs is 3. The number of nitrogens with one attached hydrogen (secondary N) is 1. The topological polar surface area (TPSA) is 82.6 Å². The Labute approximate surface area is 166 Å². The predicted molar refractivity (Wildman–Crippen MR) is 106 cm³/mol. The normalized spacial score (nSPS) is 13.6. The molecule has 0 spiro atoms. The zero-order valence-corrected chi connectivity index (χ0v) is 15.7. The monoisotopic (exact) mass is 394 g/mol. The average Bonchev–Trinajstić information content (AvgIpc) is 2.98. The maximum absolute atomic E-state index is 13.2. The molecule has 2 aromatic carbocycles. The highest BCUT2D eigenvalue weighted by molar-refractivity contribution is 6.18. The lowest BCUT2D eigenvalue weighted by molar-refractivity contribution is -0.136. The maximum atomic E-state index is 13.2. The second-order valence-corrected chi connectivity index (χ2v) is 6.70. The molecule has 2 heterocycles. The molecule has 3 aromatic rings. The minimum atomic E-state index is -0.571. The van der Waals surface area contributed by atoms with E-state index in [1.165, 1.54) is 35.4 Å². The van der Waals surface area contributed by atoms with Crippen molar-refractivity contribution in [1.82, 2.24) is 9.88 Å². The summed E-state index contributed by atoms with van der Waals surface area (Å²) in [6, 6.07) is 10.3. The molecule has 29 heavy (non-hydrogen) atoms. The van der Waals surface area contributed by atoms with Crippen LogP contribution < -0.4 is 0 Å². The molecular formula is C22H19FN2O4. The number of carbonyl (C=O) groups is 2. The molecule has 0 aliphatic carbocycles. The number of hydrogen-bond donors (Lipinski definition) is 2. The van der Waals surface area contributed by atoms with E-state index >= 15 is 0 Å². The minimum Gasteiger partial charge on any atom is -0.507 e. The van der Waals surface area contributed by atoms with Crippen LogP contribution in [0.5, 0.6) is 5.75 Å². The van der Waals surface area contributed by atoms with Crippen molar-refractivity contribution in [3.05, 3.63) is 71.3 Å². The molecule has 0 bridgehead atoms. The van der Waals surface area contributed by atoms with Gasteiger partial charge < -0.3 is 19.7 Å². The summed E-state index contributed by atoms with van der Waals surface area (Å²) in [4.78, 5) is 30.2. The third kappa shape index (κ3) is 3.35. The van der Waals surface area contributed by atoms with E-state index in [-0.39, 0.29) is 30.4 Å². The summed E-state index contributed by atoms with van der Waals surface area (Å²) >= 11 is 0. The number of amides is 1. The molecule has 1 amide bonds. The lowest BCUT2D eigenvalue weighted by Crippen LogP contribution is -2.28. The largest absolute Gasteiger partial charge is 0.507 e. The summed E-state index contributed by atoms with van der Waals surface area (Å²) in [5.74, 6) is -1.26. The SMILES string of the molecule is CCOC(=O)C1=CN(C(=O)c2ccc(F)cc2)CCc2c1[nH]c1cccc(O)c21. The number of esters is 1. The van der Waals surface area contributed by atoms with Crippen LogP contribution in [0, 0.1) is 5.82 Å². The van der Waals surface area contributed by atoms with Gasteiger partial charge in [-0.25, -0.2) is 9.18 Å². The summed E-state index contributed by atoms with van der Waals surface area (Å²) in [5, 5.41) is 11.0. The summed E-state index contributed by atoms with van der Waals surface area (Å²) in [5.41, 5.74) is 2.47. The Bertz CT molecular complexity index is 1130. The lowest BCUT2D eigenvalue weighted by atomic mass is 10.0. The van der Waals surface area contributed by atoms with Crippen molar-refractivity contribution in [3.8, 4) is 5.75 Å². The Morgan fingerprint density at radius 3 is 2.69 bits per heavy atom. The number of aromatic amines is 1. The van der Waals surface area contributed by atoms with Crippen molar-refractivity contribution in [2.24, 2.45) is 0 Å². The first-order chi connectivity index (χ1) is 14.0. The van der Waals surface area contributed by atoms with Gasteiger partial charge >= 0.3 is 5.97 Å². The molecule has 1 aliphatic heterocycles. The Balaban J connectivity index is 1.81. The van der Waals surface area contributed by atoms with Crippen LogP contribution in [0.25, 0.3) is 16.5 Å². The number of aromatic hydroxyl groups is 1. The fourth-order valence-electron chi connectivity index (χ4n) is 3.58. The number of benzene rings is 2. The zero-order valence-electron chi connectivity index (χ0n) is 15.7. The fourth-order valence-corrected chi connectivity index (χ4v) is 3.58. The number of rotatable bonds is 3. The summed E-state index contributed by atoms with van der Waals surface area (Å²) < 4.78 is 18.4. The summed E-state index contributed by atoms with van der Waals surface area (Å²) in [6.07, 6.45) is 1.88. The number of carbonyl (C=O) groups excluding carboxylic acids is 2. The third-order valence-electron chi connectivity index (χ3n) is 4.91. The number of halogens is 1. The van der Waals surface area contributed by atoms with E-state index in [1.807, 2.05) is 6.07 Å². The number of H-pyrrole nitrogens is 1. The fraction of sp³-hybridized carbons (Fsp3) is 0.182. The van der Waals surface area contributed by atoms with Crippen molar-refractivity contribution in [2.45, 2.75) is 13.3 Å². The first-order valence-corrected chi connectivity index (χ1v) is 9.28. The molecule has 1 aromatic heterocycles. The van der Waals surface area contributed by atoms with Crippen LogP contribution >= 0.6 is 0 Å². The van der Waals surface area contributed by atoms with E-state index < -0.39 is 11.8 Å². The van der Waals surface area contributed by atoms with Gasteiger partial charge in [-0.1, -0.05) is 6.07 Å². The van der Waals surface area contributed by atoms with Gasteiger partial charge in [-0.3, -0.25) is 4.79 Å². The zero-order chi connectivity index (χ0) is 20.5. The molecule has 0 saturated heterocycles. The van der Waals surface area contributed by atoms with Crippen molar-refractivity contribution in [3.63, 3.8) is 0 Å². The van der Waals surface area contributed by atoms with Gasteiger partial charge in [-0.15, -0.1) is 0 Å². The van der Waals surface area contributed by atoms with Crippen LogP contribution in [0.3, 0.4) is 0 Å². The second-order valence-electron chi connectivity index (χ2n) is 6.70. The molecule has 0 unspecified atom stereocenters. The Hall–Kier alpha value is -3.61. The van der Waals surface area contributed by atoms with Gasteiger partial charge in [0.1, 0.15) is 11.6 Å². The smallest absolute Gasteiger partial charge is 0.341 e. The third-order valence-corrected chi connectivity index (χ3v) is 4.91. The predicted octanol–water partition coefficient (Wildman–Crippen LogP) is 3.62. The van der Waals surface area contributed by atoms with Gasteiger partial charge in [-0.05, 0) is 55.3 Å². The van der Waals surface area contributed by atoms with E-state index in [2.05, 4.69) is 4.98 Å². The highest BCUT2D eigenvalue weighted by atomic mass is 19.1. The van der Waals surface area contributed by atoms with Crippen molar-refractivity contribution in [1.29, 1.82) is 0 Å². The molecule has 7 heteroatoms. The Morgan fingerprint density at radius 2 is 1.97 bits per heavy atom. The number of phenolic OH excluding ortho intramolecular Hbond substituents is 1. The van der Waals surface area contributed by atoms with Gasteiger partial charge in [0.15, 0.2) is 0 Å². The Morgan fingerprint density at radius 1 is 1.21 bits per heavy atom. The van der Waals surface area contributed by atoms with Gasteiger partial charge in [0, 0.05) is 29.2 Å². The molecule has 1 aliphatic rings. The van der Waals surface area contributed by atoms with Crippen molar-refractivity contribution >= 4 is 28.4 Å². The number of aromatic nitrogens is 1. The lowest BCUT2D eigenvalue weighted by Gasteiger charge is -2.18. The first kappa shape index (κ1) is 18.7. The molecule has 0 saturated carbocycles. The first-order valence-electron chi connectivity index (χ1n) is 9.28.